The predicted molar refractivity (Wildman–Crippen MR) is 122 cm³/mol. The summed E-state index contributed by atoms with van der Waals surface area (Å²) < 4.78 is 12.3. The predicted octanol–water partition coefficient (Wildman–Crippen LogP) is 3.34. The number of non-ortho nitro benzene ring substituents is 1. The molecule has 0 unspecified atom stereocenters. The van der Waals surface area contributed by atoms with Crippen molar-refractivity contribution in [2.45, 2.75) is 13.0 Å². The van der Waals surface area contributed by atoms with Crippen LogP contribution in [-0.4, -0.2) is 51.6 Å². The van der Waals surface area contributed by atoms with Crippen molar-refractivity contribution in [3.63, 3.8) is 0 Å². The van der Waals surface area contributed by atoms with Crippen molar-refractivity contribution < 1.29 is 14.1 Å². The molecular weight excluding hydrogens is 426 g/mol. The van der Waals surface area contributed by atoms with Gasteiger partial charge in [-0.05, 0) is 38.2 Å². The molecule has 0 aliphatic rings. The number of oxazole rings is 1. The van der Waals surface area contributed by atoms with E-state index < -0.39 is 10.7 Å². The van der Waals surface area contributed by atoms with Crippen LogP contribution in [0.5, 0.6) is 5.75 Å². The maximum Gasteiger partial charge on any atom is 0.420 e. The highest BCUT2D eigenvalue weighted by atomic mass is 16.6. The molecule has 0 aliphatic heterocycles. The number of benzene rings is 2. The van der Waals surface area contributed by atoms with Crippen molar-refractivity contribution in [3.8, 4) is 17.1 Å². The van der Waals surface area contributed by atoms with Crippen LogP contribution >= 0.6 is 0 Å². The standard InChI is InChI=1S/C23H23N5O5/c1-26(2)9-4-10-32-19-13-24-22(25-14-19)17-6-3-5-16(11-17)15-27-20-8-7-18(28(30)31)12-21(20)33-23(27)29/h3,5-8,11-14H,4,9-10,15H2,1-2H3. The maximum atomic E-state index is 12.3. The highest BCUT2D eigenvalue weighted by Crippen LogP contribution is 2.22. The van der Waals surface area contributed by atoms with Gasteiger partial charge in [-0.1, -0.05) is 18.2 Å². The molecule has 0 aliphatic carbocycles. The molecule has 0 spiro atoms. The first kappa shape index (κ1) is 22.2. The quantitative estimate of drug-likeness (QED) is 0.217. The summed E-state index contributed by atoms with van der Waals surface area (Å²) in [6, 6.07) is 11.6. The van der Waals surface area contributed by atoms with E-state index >= 15 is 0 Å². The summed E-state index contributed by atoms with van der Waals surface area (Å²) in [5.74, 6) is 0.569. The fourth-order valence-corrected chi connectivity index (χ4v) is 3.42. The van der Waals surface area contributed by atoms with Gasteiger partial charge in [0, 0.05) is 18.2 Å². The first-order chi connectivity index (χ1) is 15.9. The van der Waals surface area contributed by atoms with Gasteiger partial charge >= 0.3 is 5.76 Å². The summed E-state index contributed by atoms with van der Waals surface area (Å²) in [6.07, 6.45) is 4.20. The number of ether oxygens (including phenoxy) is 1. The van der Waals surface area contributed by atoms with Crippen LogP contribution in [-0.2, 0) is 6.54 Å². The molecule has 0 amide bonds. The third kappa shape index (κ3) is 5.24. The Labute approximate surface area is 189 Å². The topological polar surface area (TPSA) is 117 Å². The van der Waals surface area contributed by atoms with Crippen LogP contribution in [0, 0.1) is 10.1 Å². The smallest absolute Gasteiger partial charge is 0.420 e. The Balaban J connectivity index is 1.50. The molecule has 33 heavy (non-hydrogen) atoms. The number of rotatable bonds is 9. The Morgan fingerprint density at radius 1 is 1.15 bits per heavy atom. The van der Waals surface area contributed by atoms with Gasteiger partial charge in [0.25, 0.3) is 5.69 Å². The Morgan fingerprint density at radius 3 is 2.67 bits per heavy atom. The molecule has 0 bridgehead atoms. The molecule has 0 radical (unpaired) electrons. The fourth-order valence-electron chi connectivity index (χ4n) is 3.42. The minimum Gasteiger partial charge on any atom is -0.490 e. The highest BCUT2D eigenvalue weighted by molar-refractivity contribution is 5.76. The van der Waals surface area contributed by atoms with Gasteiger partial charge < -0.3 is 14.1 Å². The van der Waals surface area contributed by atoms with Crippen LogP contribution < -0.4 is 10.5 Å². The van der Waals surface area contributed by atoms with Crippen LogP contribution in [0.25, 0.3) is 22.5 Å². The lowest BCUT2D eigenvalue weighted by Crippen LogP contribution is -2.15. The summed E-state index contributed by atoms with van der Waals surface area (Å²) in [7, 11) is 4.03. The molecule has 10 heteroatoms. The average molecular weight is 449 g/mol. The monoisotopic (exact) mass is 449 g/mol. The summed E-state index contributed by atoms with van der Waals surface area (Å²) in [4.78, 5) is 33.7. The molecule has 0 saturated heterocycles. The zero-order valence-electron chi connectivity index (χ0n) is 18.3. The van der Waals surface area contributed by atoms with Gasteiger partial charge in [0.2, 0.25) is 0 Å². The normalized spacial score (nSPS) is 11.2. The number of hydrogen-bond donors (Lipinski definition) is 0. The number of fused-ring (bicyclic) bond motifs is 1. The first-order valence-electron chi connectivity index (χ1n) is 10.4. The van der Waals surface area contributed by atoms with Gasteiger partial charge in [0.05, 0.1) is 42.1 Å². The Kier molecular flexibility index (Phi) is 6.45. The summed E-state index contributed by atoms with van der Waals surface area (Å²) in [6.45, 7) is 1.77. The van der Waals surface area contributed by atoms with Gasteiger partial charge in [0.15, 0.2) is 17.2 Å². The van der Waals surface area contributed by atoms with E-state index in [4.69, 9.17) is 9.15 Å². The Bertz CT molecular complexity index is 1330. The molecule has 0 fully saturated rings. The van der Waals surface area contributed by atoms with Crippen molar-refractivity contribution >= 4 is 16.8 Å². The highest BCUT2D eigenvalue weighted by Gasteiger charge is 2.15. The third-order valence-electron chi connectivity index (χ3n) is 5.04. The van der Waals surface area contributed by atoms with Crippen molar-refractivity contribution in [1.82, 2.24) is 19.4 Å². The van der Waals surface area contributed by atoms with E-state index in [0.29, 0.717) is 23.7 Å². The second-order valence-corrected chi connectivity index (χ2v) is 7.81. The van der Waals surface area contributed by atoms with Crippen LogP contribution in [0.3, 0.4) is 0 Å². The summed E-state index contributed by atoms with van der Waals surface area (Å²) in [5, 5.41) is 11.0. The van der Waals surface area contributed by atoms with Crippen LogP contribution in [0.4, 0.5) is 5.69 Å². The second kappa shape index (κ2) is 9.61. The second-order valence-electron chi connectivity index (χ2n) is 7.81. The van der Waals surface area contributed by atoms with Crippen LogP contribution in [0.2, 0.25) is 0 Å². The Hall–Kier alpha value is -4.05. The van der Waals surface area contributed by atoms with E-state index in [1.54, 1.807) is 12.4 Å². The largest absolute Gasteiger partial charge is 0.490 e. The zero-order valence-corrected chi connectivity index (χ0v) is 18.3. The minimum atomic E-state index is -0.581. The van der Waals surface area contributed by atoms with Gasteiger partial charge in [0.1, 0.15) is 0 Å². The summed E-state index contributed by atoms with van der Waals surface area (Å²) >= 11 is 0. The molecule has 4 aromatic rings. The number of hydrogen-bond acceptors (Lipinski definition) is 8. The number of nitrogens with zero attached hydrogens (tertiary/aromatic N) is 5. The molecule has 2 aromatic heterocycles. The molecule has 0 atom stereocenters. The van der Waals surface area contributed by atoms with E-state index in [1.165, 1.54) is 22.8 Å². The maximum absolute atomic E-state index is 12.3. The lowest BCUT2D eigenvalue weighted by atomic mass is 10.1. The molecule has 0 N–H and O–H groups in total. The van der Waals surface area contributed by atoms with E-state index in [1.807, 2.05) is 38.4 Å². The minimum absolute atomic E-state index is 0.132. The van der Waals surface area contributed by atoms with Crippen molar-refractivity contribution in [2.75, 3.05) is 27.2 Å². The average Bonchev–Trinajstić information content (AvgIpc) is 3.11. The zero-order chi connectivity index (χ0) is 23.4. The molecule has 170 valence electrons. The van der Waals surface area contributed by atoms with E-state index in [9.17, 15) is 14.9 Å². The van der Waals surface area contributed by atoms with E-state index in [-0.39, 0.29) is 17.8 Å². The van der Waals surface area contributed by atoms with E-state index in [0.717, 1.165) is 24.1 Å². The van der Waals surface area contributed by atoms with Gasteiger partial charge in [-0.2, -0.15) is 0 Å². The van der Waals surface area contributed by atoms with E-state index in [2.05, 4.69) is 14.9 Å². The van der Waals surface area contributed by atoms with Crippen molar-refractivity contribution in [3.05, 3.63) is 81.1 Å². The van der Waals surface area contributed by atoms with Crippen molar-refractivity contribution in [2.24, 2.45) is 0 Å². The number of nitro groups is 1. The molecule has 10 nitrogen and oxygen atoms in total. The van der Waals surface area contributed by atoms with Crippen LogP contribution in [0.15, 0.2) is 64.1 Å². The fraction of sp³-hybridized carbons (Fsp3) is 0.261. The molecule has 0 saturated carbocycles. The van der Waals surface area contributed by atoms with Crippen molar-refractivity contribution in [1.29, 1.82) is 0 Å². The molecular formula is C23H23N5O5. The number of aromatic nitrogens is 3. The SMILES string of the molecule is CN(C)CCCOc1cnc(-c2cccc(Cn3c(=O)oc4cc([N+](=O)[O-])ccc43)c2)nc1. The molecule has 4 rings (SSSR count). The Morgan fingerprint density at radius 2 is 1.94 bits per heavy atom. The number of nitro benzene ring substituents is 1. The van der Waals surface area contributed by atoms with Gasteiger partial charge in [-0.15, -0.1) is 0 Å². The lowest BCUT2D eigenvalue weighted by molar-refractivity contribution is -0.384. The van der Waals surface area contributed by atoms with Gasteiger partial charge in [-0.3, -0.25) is 14.7 Å². The lowest BCUT2D eigenvalue weighted by Gasteiger charge is -2.10. The molecule has 2 aromatic carbocycles. The van der Waals surface area contributed by atoms with Gasteiger partial charge in [-0.25, -0.2) is 14.8 Å². The first-order valence-corrected chi connectivity index (χ1v) is 10.4. The van der Waals surface area contributed by atoms with Crippen LogP contribution in [0.1, 0.15) is 12.0 Å². The molecule has 2 heterocycles. The summed E-state index contributed by atoms with van der Waals surface area (Å²) in [5.41, 5.74) is 2.16. The third-order valence-corrected chi connectivity index (χ3v) is 5.04.